The van der Waals surface area contributed by atoms with Crippen LogP contribution >= 0.6 is 0 Å². The van der Waals surface area contributed by atoms with Crippen LogP contribution in [0.4, 0.5) is 0 Å². The first kappa shape index (κ1) is 17.0. The Kier molecular flexibility index (Phi) is 4.06. The number of aliphatic hydroxyl groups is 1. The molecule has 5 saturated carbocycles. The highest BCUT2D eigenvalue weighted by Crippen LogP contribution is 2.70. The third-order valence-electron chi connectivity index (χ3n) is 10.3. The quantitative estimate of drug-likeness (QED) is 0.708. The minimum atomic E-state index is -0.0128. The molecule has 0 aliphatic heterocycles. The van der Waals surface area contributed by atoms with E-state index in [1.807, 2.05) is 7.11 Å². The van der Waals surface area contributed by atoms with Crippen LogP contribution in [0.2, 0.25) is 0 Å². The zero-order chi connectivity index (χ0) is 17.2. The molecule has 25 heavy (non-hydrogen) atoms. The van der Waals surface area contributed by atoms with E-state index in [0.717, 1.165) is 42.4 Å². The maximum Gasteiger partial charge on any atom is 0.0604 e. The molecule has 0 amide bonds. The minimum Gasteiger partial charge on any atom is -0.393 e. The van der Waals surface area contributed by atoms with E-state index in [4.69, 9.17) is 4.74 Å². The zero-order valence-corrected chi connectivity index (χ0v) is 16.4. The standard InChI is InChI=1S/C23H38O2/c1-22-12-9-16(24)14-15(22)5-6-17-18(22)10-13-23-11-3-4-21(25-2)20(23)8-7-19(17)23/h15-21,24H,3-14H2,1-2H3/t15-,16+,17?,18?,19?,20+,21?,22-,23-/m0/s1. The Morgan fingerprint density at radius 3 is 2.52 bits per heavy atom. The van der Waals surface area contributed by atoms with E-state index < -0.39 is 0 Å². The van der Waals surface area contributed by atoms with Gasteiger partial charge in [0.1, 0.15) is 0 Å². The third-order valence-corrected chi connectivity index (χ3v) is 10.3. The molecule has 0 radical (unpaired) electrons. The highest BCUT2D eigenvalue weighted by molar-refractivity contribution is 5.12. The summed E-state index contributed by atoms with van der Waals surface area (Å²) in [5.41, 5.74) is 1.16. The van der Waals surface area contributed by atoms with Gasteiger partial charge in [0.15, 0.2) is 0 Å². The Hall–Kier alpha value is -0.0800. The van der Waals surface area contributed by atoms with Gasteiger partial charge in [0.05, 0.1) is 12.2 Å². The number of hydrogen-bond acceptors (Lipinski definition) is 2. The van der Waals surface area contributed by atoms with Gasteiger partial charge in [-0.3, -0.25) is 0 Å². The SMILES string of the molecule is COC1CCC[C@]23CCC4C(CC[C@H]5C[C@H](O)CC[C@]45C)C2CC[C@H]13. The largest absolute Gasteiger partial charge is 0.393 e. The fourth-order valence-electron chi connectivity index (χ4n) is 9.25. The average molecular weight is 347 g/mol. The van der Waals surface area contributed by atoms with E-state index in [0.29, 0.717) is 16.9 Å². The van der Waals surface area contributed by atoms with Crippen LogP contribution in [0.1, 0.15) is 84.0 Å². The van der Waals surface area contributed by atoms with Crippen LogP contribution < -0.4 is 0 Å². The lowest BCUT2D eigenvalue weighted by Crippen LogP contribution is -2.56. The van der Waals surface area contributed by atoms with Crippen molar-refractivity contribution in [3.63, 3.8) is 0 Å². The Labute approximate surface area is 154 Å². The molecule has 0 heterocycles. The fourth-order valence-corrected chi connectivity index (χ4v) is 9.25. The van der Waals surface area contributed by atoms with Gasteiger partial charge in [-0.05, 0) is 111 Å². The van der Waals surface area contributed by atoms with Crippen molar-refractivity contribution in [2.75, 3.05) is 7.11 Å². The lowest BCUT2D eigenvalue weighted by Gasteiger charge is -2.62. The first-order valence-electron chi connectivity index (χ1n) is 11.3. The van der Waals surface area contributed by atoms with Crippen LogP contribution in [-0.2, 0) is 4.74 Å². The molecular formula is C23H38O2. The number of aliphatic hydroxyl groups excluding tert-OH is 1. The fraction of sp³-hybridized carbons (Fsp3) is 1.00. The molecule has 5 aliphatic rings. The Bertz CT molecular complexity index is 518. The average Bonchev–Trinajstić information content (AvgIpc) is 3.02. The van der Waals surface area contributed by atoms with Crippen molar-refractivity contribution in [2.45, 2.75) is 96.2 Å². The van der Waals surface area contributed by atoms with Crippen molar-refractivity contribution in [1.29, 1.82) is 0 Å². The van der Waals surface area contributed by atoms with Crippen molar-refractivity contribution in [1.82, 2.24) is 0 Å². The molecule has 1 spiro atoms. The summed E-state index contributed by atoms with van der Waals surface area (Å²) < 4.78 is 5.97. The predicted molar refractivity (Wildman–Crippen MR) is 100 cm³/mol. The second-order valence-corrected chi connectivity index (χ2v) is 10.7. The molecule has 0 bridgehead atoms. The summed E-state index contributed by atoms with van der Waals surface area (Å²) in [5.74, 6) is 4.55. The maximum absolute atomic E-state index is 10.2. The highest BCUT2D eigenvalue weighted by Gasteiger charge is 2.63. The predicted octanol–water partition coefficient (Wildman–Crippen LogP) is 5.19. The van der Waals surface area contributed by atoms with Crippen molar-refractivity contribution < 1.29 is 9.84 Å². The number of fused-ring (bicyclic) bond motifs is 4. The van der Waals surface area contributed by atoms with Gasteiger partial charge in [-0.1, -0.05) is 13.3 Å². The maximum atomic E-state index is 10.2. The van der Waals surface area contributed by atoms with Crippen molar-refractivity contribution in [3.05, 3.63) is 0 Å². The number of rotatable bonds is 1. The van der Waals surface area contributed by atoms with Gasteiger partial charge in [-0.15, -0.1) is 0 Å². The third kappa shape index (κ3) is 2.29. The van der Waals surface area contributed by atoms with E-state index in [1.165, 1.54) is 64.2 Å². The number of ether oxygens (including phenoxy) is 1. The summed E-state index contributed by atoms with van der Waals surface area (Å²) >= 11 is 0. The molecule has 5 aliphatic carbocycles. The first-order chi connectivity index (χ1) is 12.1. The van der Waals surface area contributed by atoms with E-state index in [1.54, 1.807) is 0 Å². The lowest BCUT2D eigenvalue weighted by molar-refractivity contribution is -0.150. The molecule has 142 valence electrons. The summed E-state index contributed by atoms with van der Waals surface area (Å²) in [6, 6.07) is 0. The summed E-state index contributed by atoms with van der Waals surface area (Å²) in [4.78, 5) is 0. The molecule has 2 nitrogen and oxygen atoms in total. The van der Waals surface area contributed by atoms with E-state index in [-0.39, 0.29) is 6.10 Å². The molecular weight excluding hydrogens is 308 g/mol. The van der Waals surface area contributed by atoms with Gasteiger partial charge in [0.25, 0.3) is 0 Å². The molecule has 0 aromatic rings. The van der Waals surface area contributed by atoms with Crippen molar-refractivity contribution in [2.24, 2.45) is 40.4 Å². The Morgan fingerprint density at radius 1 is 0.840 bits per heavy atom. The van der Waals surface area contributed by atoms with E-state index in [2.05, 4.69) is 6.92 Å². The molecule has 0 saturated heterocycles. The monoisotopic (exact) mass is 346 g/mol. The highest BCUT2D eigenvalue weighted by atomic mass is 16.5. The van der Waals surface area contributed by atoms with Crippen LogP contribution in [0, 0.1) is 40.4 Å². The Balaban J connectivity index is 1.44. The molecule has 5 fully saturated rings. The van der Waals surface area contributed by atoms with Crippen molar-refractivity contribution >= 4 is 0 Å². The zero-order valence-electron chi connectivity index (χ0n) is 16.4. The number of hydrogen-bond donors (Lipinski definition) is 1. The summed E-state index contributed by atoms with van der Waals surface area (Å²) in [7, 11) is 1.96. The van der Waals surface area contributed by atoms with Crippen LogP contribution in [-0.4, -0.2) is 24.4 Å². The summed E-state index contributed by atoms with van der Waals surface area (Å²) in [6.45, 7) is 2.61. The van der Waals surface area contributed by atoms with Gasteiger partial charge in [0, 0.05) is 7.11 Å². The Morgan fingerprint density at radius 2 is 1.68 bits per heavy atom. The molecule has 4 unspecified atom stereocenters. The smallest absolute Gasteiger partial charge is 0.0604 e. The van der Waals surface area contributed by atoms with Crippen LogP contribution in [0.15, 0.2) is 0 Å². The van der Waals surface area contributed by atoms with Crippen LogP contribution in [0.25, 0.3) is 0 Å². The molecule has 9 atom stereocenters. The van der Waals surface area contributed by atoms with Gasteiger partial charge >= 0.3 is 0 Å². The van der Waals surface area contributed by atoms with E-state index >= 15 is 0 Å². The van der Waals surface area contributed by atoms with Gasteiger partial charge in [0.2, 0.25) is 0 Å². The van der Waals surface area contributed by atoms with Crippen LogP contribution in [0.5, 0.6) is 0 Å². The van der Waals surface area contributed by atoms with Gasteiger partial charge < -0.3 is 9.84 Å². The minimum absolute atomic E-state index is 0.0128. The molecule has 0 aromatic heterocycles. The second kappa shape index (κ2) is 5.96. The number of methoxy groups -OCH3 is 1. The van der Waals surface area contributed by atoms with Gasteiger partial charge in [-0.25, -0.2) is 0 Å². The lowest BCUT2D eigenvalue weighted by atomic mass is 9.43. The summed E-state index contributed by atoms with van der Waals surface area (Å²) in [6.07, 6.45) is 16.9. The van der Waals surface area contributed by atoms with E-state index in [9.17, 15) is 5.11 Å². The van der Waals surface area contributed by atoms with Gasteiger partial charge in [-0.2, -0.15) is 0 Å². The second-order valence-electron chi connectivity index (χ2n) is 10.7. The molecule has 5 rings (SSSR count). The molecule has 2 heteroatoms. The topological polar surface area (TPSA) is 29.5 Å². The first-order valence-corrected chi connectivity index (χ1v) is 11.3. The van der Waals surface area contributed by atoms with Crippen molar-refractivity contribution in [3.8, 4) is 0 Å². The molecule has 1 N–H and O–H groups in total. The molecule has 0 aromatic carbocycles. The summed E-state index contributed by atoms with van der Waals surface area (Å²) in [5, 5.41) is 10.2. The normalized spacial score (nSPS) is 58.0. The van der Waals surface area contributed by atoms with Crippen LogP contribution in [0.3, 0.4) is 0 Å².